The van der Waals surface area contributed by atoms with E-state index in [1.165, 1.54) is 0 Å². The van der Waals surface area contributed by atoms with Crippen molar-refractivity contribution in [2.75, 3.05) is 7.11 Å². The Hall–Kier alpha value is -0.780. The normalized spacial score (nSPS) is 19.0. The number of ether oxygens (including phenoxy) is 1. The molecule has 1 aliphatic carbocycles. The van der Waals surface area contributed by atoms with E-state index in [0.717, 1.165) is 24.3 Å². The predicted octanol–water partition coefficient (Wildman–Crippen LogP) is 2.59. The molecule has 2 atom stereocenters. The third kappa shape index (κ3) is 3.84. The van der Waals surface area contributed by atoms with Crippen LogP contribution < -0.4 is 9.46 Å². The lowest BCUT2D eigenvalue weighted by Gasteiger charge is -2.27. The maximum Gasteiger partial charge on any atom is 0.136 e. The Labute approximate surface area is 118 Å². The molecular formula is C14H22N2O2S. The fourth-order valence-corrected chi connectivity index (χ4v) is 2.74. The molecule has 1 saturated carbocycles. The van der Waals surface area contributed by atoms with E-state index < -0.39 is 11.4 Å². The summed E-state index contributed by atoms with van der Waals surface area (Å²) in [5, 5.41) is 0. The smallest absolute Gasteiger partial charge is 0.136 e. The Morgan fingerprint density at radius 3 is 2.68 bits per heavy atom. The second kappa shape index (κ2) is 5.69. The van der Waals surface area contributed by atoms with Gasteiger partial charge in [0.15, 0.2) is 0 Å². The molecule has 1 N–H and O–H groups in total. The highest BCUT2D eigenvalue weighted by atomic mass is 32.2. The molecule has 1 unspecified atom stereocenters. The molecule has 0 aliphatic heterocycles. The van der Waals surface area contributed by atoms with Crippen LogP contribution in [0.4, 0.5) is 0 Å². The highest BCUT2D eigenvalue weighted by Crippen LogP contribution is 2.41. The van der Waals surface area contributed by atoms with Gasteiger partial charge < -0.3 is 9.29 Å². The van der Waals surface area contributed by atoms with Gasteiger partial charge >= 0.3 is 0 Å². The van der Waals surface area contributed by atoms with Crippen molar-refractivity contribution < 1.29 is 9.29 Å². The molecule has 0 radical (unpaired) electrons. The van der Waals surface area contributed by atoms with Crippen LogP contribution in [0, 0.1) is 5.92 Å². The molecule has 1 aliphatic rings. The number of hydrogen-bond acceptors (Lipinski definition) is 4. The summed E-state index contributed by atoms with van der Waals surface area (Å²) in [5.74, 6) is 1.32. The zero-order valence-corrected chi connectivity index (χ0v) is 12.8. The third-order valence-electron chi connectivity index (χ3n) is 3.19. The van der Waals surface area contributed by atoms with E-state index in [9.17, 15) is 4.55 Å². The fraction of sp³-hybridized carbons (Fsp3) is 0.643. The van der Waals surface area contributed by atoms with Crippen LogP contribution >= 0.6 is 0 Å². The first kappa shape index (κ1) is 14.6. The molecule has 0 bridgehead atoms. The van der Waals surface area contributed by atoms with Gasteiger partial charge in [-0.05, 0) is 45.6 Å². The summed E-state index contributed by atoms with van der Waals surface area (Å²) >= 11 is -1.09. The summed E-state index contributed by atoms with van der Waals surface area (Å²) in [5.41, 5.74) is 0.916. The van der Waals surface area contributed by atoms with Crippen molar-refractivity contribution >= 4 is 11.4 Å². The topological polar surface area (TPSA) is 57.2 Å². The molecule has 0 spiro atoms. The molecule has 2 rings (SSSR count). The van der Waals surface area contributed by atoms with Gasteiger partial charge in [0.2, 0.25) is 0 Å². The third-order valence-corrected chi connectivity index (χ3v) is 4.77. The highest BCUT2D eigenvalue weighted by Gasteiger charge is 2.39. The quantitative estimate of drug-likeness (QED) is 0.843. The van der Waals surface area contributed by atoms with E-state index in [0.29, 0.717) is 5.92 Å². The molecule has 1 aromatic heterocycles. The minimum atomic E-state index is -1.09. The van der Waals surface area contributed by atoms with Crippen molar-refractivity contribution in [2.24, 2.45) is 5.92 Å². The molecule has 106 valence electrons. The number of nitrogens with one attached hydrogen (secondary N) is 1. The summed E-state index contributed by atoms with van der Waals surface area (Å²) in [6, 6.07) is 3.81. The van der Waals surface area contributed by atoms with Crippen molar-refractivity contribution in [3.05, 3.63) is 24.0 Å². The predicted molar refractivity (Wildman–Crippen MR) is 77.3 cm³/mol. The molecule has 5 heteroatoms. The van der Waals surface area contributed by atoms with Gasteiger partial charge in [0.05, 0.1) is 18.8 Å². The molecule has 0 saturated heterocycles. The minimum Gasteiger partial charge on any atom is -0.598 e. The van der Waals surface area contributed by atoms with Crippen LogP contribution in [0.5, 0.6) is 5.75 Å². The molecule has 1 aromatic rings. The summed E-state index contributed by atoms with van der Waals surface area (Å²) in [7, 11) is 1.64. The van der Waals surface area contributed by atoms with E-state index in [1.807, 2.05) is 32.9 Å². The second-order valence-electron chi connectivity index (χ2n) is 5.93. The molecule has 4 nitrogen and oxygen atoms in total. The lowest BCUT2D eigenvalue weighted by Crippen LogP contribution is -2.42. The van der Waals surface area contributed by atoms with Crippen LogP contribution in [0.3, 0.4) is 0 Å². The van der Waals surface area contributed by atoms with Gasteiger partial charge in [0, 0.05) is 23.6 Å². The first-order valence-electron chi connectivity index (χ1n) is 6.60. The van der Waals surface area contributed by atoms with Crippen LogP contribution in [-0.2, 0) is 11.4 Å². The van der Waals surface area contributed by atoms with E-state index in [1.54, 1.807) is 13.3 Å². The zero-order valence-electron chi connectivity index (χ0n) is 12.0. The first-order valence-corrected chi connectivity index (χ1v) is 7.75. The number of hydrogen-bond donors (Lipinski definition) is 1. The second-order valence-corrected chi connectivity index (χ2v) is 7.93. The van der Waals surface area contributed by atoms with Crippen molar-refractivity contribution in [2.45, 2.75) is 44.4 Å². The lowest BCUT2D eigenvalue weighted by molar-refractivity contribution is 0.411. The van der Waals surface area contributed by atoms with Crippen molar-refractivity contribution in [3.8, 4) is 5.75 Å². The maximum atomic E-state index is 12.3. The monoisotopic (exact) mass is 282 g/mol. The first-order chi connectivity index (χ1) is 8.91. The van der Waals surface area contributed by atoms with Crippen LogP contribution in [-0.4, -0.2) is 21.4 Å². The molecular weight excluding hydrogens is 260 g/mol. The van der Waals surface area contributed by atoms with Crippen molar-refractivity contribution in [1.29, 1.82) is 0 Å². The van der Waals surface area contributed by atoms with Gasteiger partial charge in [-0.2, -0.15) is 0 Å². The van der Waals surface area contributed by atoms with Crippen LogP contribution in [0.25, 0.3) is 0 Å². The average molecular weight is 282 g/mol. The Balaban J connectivity index is 2.15. The van der Waals surface area contributed by atoms with Crippen LogP contribution in [0.1, 0.15) is 45.3 Å². The van der Waals surface area contributed by atoms with E-state index in [4.69, 9.17) is 4.74 Å². The van der Waals surface area contributed by atoms with E-state index in [2.05, 4.69) is 9.71 Å². The Kier molecular flexibility index (Phi) is 4.38. The van der Waals surface area contributed by atoms with Gasteiger partial charge in [-0.25, -0.2) is 0 Å². The largest absolute Gasteiger partial charge is 0.598 e. The van der Waals surface area contributed by atoms with Crippen LogP contribution in [0.15, 0.2) is 18.3 Å². The van der Waals surface area contributed by atoms with Gasteiger partial charge in [0.25, 0.3) is 0 Å². The van der Waals surface area contributed by atoms with E-state index >= 15 is 0 Å². The summed E-state index contributed by atoms with van der Waals surface area (Å²) < 4.78 is 20.5. The number of pyridine rings is 1. The SMILES string of the molecule is COc1ccnc(C(N[S@+]([O-])C(C)(C)C)C2CC2)c1. The van der Waals surface area contributed by atoms with Crippen molar-refractivity contribution in [3.63, 3.8) is 0 Å². The summed E-state index contributed by atoms with van der Waals surface area (Å²) in [6.07, 6.45) is 4.07. The van der Waals surface area contributed by atoms with E-state index in [-0.39, 0.29) is 10.8 Å². The Morgan fingerprint density at radius 1 is 1.47 bits per heavy atom. The number of rotatable bonds is 5. The molecule has 0 aromatic carbocycles. The molecule has 19 heavy (non-hydrogen) atoms. The molecule has 0 amide bonds. The van der Waals surface area contributed by atoms with Gasteiger partial charge in [-0.3, -0.25) is 4.98 Å². The fourth-order valence-electron chi connectivity index (χ4n) is 1.84. The van der Waals surface area contributed by atoms with Gasteiger partial charge in [0.1, 0.15) is 10.5 Å². The minimum absolute atomic E-state index is 0.0511. The number of methoxy groups -OCH3 is 1. The molecule has 1 fully saturated rings. The Morgan fingerprint density at radius 2 is 2.16 bits per heavy atom. The van der Waals surface area contributed by atoms with Gasteiger partial charge in [-0.15, -0.1) is 4.72 Å². The highest BCUT2D eigenvalue weighted by molar-refractivity contribution is 7.90. The lowest BCUT2D eigenvalue weighted by atomic mass is 10.1. The zero-order chi connectivity index (χ0) is 14.0. The average Bonchev–Trinajstić information content (AvgIpc) is 3.18. The summed E-state index contributed by atoms with van der Waals surface area (Å²) in [6.45, 7) is 5.91. The number of nitrogens with zero attached hydrogens (tertiary/aromatic N) is 1. The van der Waals surface area contributed by atoms with Gasteiger partial charge in [-0.1, -0.05) is 0 Å². The number of aromatic nitrogens is 1. The Bertz CT molecular complexity index is 430. The summed E-state index contributed by atoms with van der Waals surface area (Å²) in [4.78, 5) is 4.41. The standard InChI is InChI=1S/C14H22N2O2S/c1-14(2,3)19(17)16-13(10-5-6-10)12-9-11(18-4)7-8-15-12/h7-10,13,16H,5-6H2,1-4H3/t13?,19-/m1/s1. The molecule has 1 heterocycles. The van der Waals surface area contributed by atoms with Crippen molar-refractivity contribution in [1.82, 2.24) is 9.71 Å². The van der Waals surface area contributed by atoms with Crippen LogP contribution in [0.2, 0.25) is 0 Å². The maximum absolute atomic E-state index is 12.3.